The van der Waals surface area contributed by atoms with Crippen LogP contribution in [-0.2, 0) is 0 Å². The summed E-state index contributed by atoms with van der Waals surface area (Å²) in [7, 11) is 5.69. The Morgan fingerprint density at radius 3 is 2.29 bits per heavy atom. The SMILES string of the molecule is COc1cc2c(cc1OC)[C@@H]1[C@@H](CCCN1C)[C@@H]2c1ccccc1. The average molecular weight is 323 g/mol. The van der Waals surface area contributed by atoms with Crippen LogP contribution in [0.5, 0.6) is 11.5 Å². The third-order valence-electron chi connectivity index (χ3n) is 5.76. The van der Waals surface area contributed by atoms with Crippen molar-refractivity contribution in [1.82, 2.24) is 4.90 Å². The van der Waals surface area contributed by atoms with Crippen LogP contribution in [-0.4, -0.2) is 32.7 Å². The number of benzene rings is 2. The summed E-state index contributed by atoms with van der Waals surface area (Å²) >= 11 is 0. The molecule has 0 saturated carbocycles. The number of fused-ring (bicyclic) bond motifs is 3. The molecule has 0 unspecified atom stereocenters. The van der Waals surface area contributed by atoms with Gasteiger partial charge in [-0.25, -0.2) is 0 Å². The minimum atomic E-state index is 0.439. The molecule has 0 amide bonds. The third kappa shape index (κ3) is 2.30. The van der Waals surface area contributed by atoms with Crippen LogP contribution in [0.1, 0.15) is 41.5 Å². The van der Waals surface area contributed by atoms with Crippen LogP contribution in [0.15, 0.2) is 42.5 Å². The largest absolute Gasteiger partial charge is 0.493 e. The van der Waals surface area contributed by atoms with E-state index in [1.54, 1.807) is 14.2 Å². The second kappa shape index (κ2) is 6.14. The standard InChI is InChI=1S/C21H25NO2/c1-22-11-7-10-15-20(14-8-5-4-6-9-14)16-12-18(23-2)19(24-3)13-17(16)21(15)22/h4-6,8-9,12-13,15,20-21H,7,10-11H2,1-3H3/t15-,20-,21-/m0/s1. The Labute approximate surface area is 144 Å². The predicted molar refractivity (Wildman–Crippen MR) is 95.9 cm³/mol. The van der Waals surface area contributed by atoms with Crippen LogP contribution in [0.3, 0.4) is 0 Å². The van der Waals surface area contributed by atoms with E-state index in [0.29, 0.717) is 17.9 Å². The van der Waals surface area contributed by atoms with Gasteiger partial charge in [0.2, 0.25) is 0 Å². The maximum atomic E-state index is 5.59. The summed E-state index contributed by atoms with van der Waals surface area (Å²) in [6.45, 7) is 1.16. The first-order valence-corrected chi connectivity index (χ1v) is 8.75. The van der Waals surface area contributed by atoms with Crippen LogP contribution < -0.4 is 9.47 Å². The zero-order chi connectivity index (χ0) is 16.7. The second-order valence-electron chi connectivity index (χ2n) is 6.96. The van der Waals surface area contributed by atoms with Gasteiger partial charge in [-0.3, -0.25) is 4.90 Å². The van der Waals surface area contributed by atoms with Crippen molar-refractivity contribution in [2.24, 2.45) is 5.92 Å². The fourth-order valence-electron chi connectivity index (χ4n) is 4.77. The van der Waals surface area contributed by atoms with E-state index in [1.807, 2.05) is 0 Å². The Morgan fingerprint density at radius 1 is 0.958 bits per heavy atom. The highest BCUT2D eigenvalue weighted by Gasteiger charge is 2.45. The van der Waals surface area contributed by atoms with Crippen LogP contribution in [0, 0.1) is 5.92 Å². The maximum absolute atomic E-state index is 5.59. The Morgan fingerprint density at radius 2 is 1.62 bits per heavy atom. The van der Waals surface area contributed by atoms with Gasteiger partial charge >= 0.3 is 0 Å². The zero-order valence-electron chi connectivity index (χ0n) is 14.7. The quantitative estimate of drug-likeness (QED) is 0.843. The van der Waals surface area contributed by atoms with Gasteiger partial charge in [0, 0.05) is 12.0 Å². The van der Waals surface area contributed by atoms with E-state index < -0.39 is 0 Å². The summed E-state index contributed by atoms with van der Waals surface area (Å²) in [5.41, 5.74) is 4.23. The molecule has 1 aliphatic carbocycles. The molecule has 3 heteroatoms. The van der Waals surface area contributed by atoms with Gasteiger partial charge in [0.05, 0.1) is 14.2 Å². The molecule has 3 nitrogen and oxygen atoms in total. The van der Waals surface area contributed by atoms with Gasteiger partial charge in [-0.15, -0.1) is 0 Å². The summed E-state index contributed by atoms with van der Waals surface area (Å²) < 4.78 is 11.2. The number of likely N-dealkylation sites (tertiary alicyclic amines) is 1. The van der Waals surface area contributed by atoms with E-state index in [9.17, 15) is 0 Å². The summed E-state index contributed by atoms with van der Waals surface area (Å²) in [4.78, 5) is 2.52. The molecule has 0 bridgehead atoms. The highest BCUT2D eigenvalue weighted by molar-refractivity contribution is 5.55. The fraction of sp³-hybridized carbons (Fsp3) is 0.429. The first-order chi connectivity index (χ1) is 11.7. The molecule has 1 saturated heterocycles. The minimum absolute atomic E-state index is 0.439. The van der Waals surface area contributed by atoms with Crippen molar-refractivity contribution in [3.63, 3.8) is 0 Å². The Bertz CT molecular complexity index is 728. The van der Waals surface area contributed by atoms with Gasteiger partial charge in [-0.1, -0.05) is 30.3 Å². The summed E-state index contributed by atoms with van der Waals surface area (Å²) in [6, 6.07) is 15.8. The first-order valence-electron chi connectivity index (χ1n) is 8.75. The zero-order valence-corrected chi connectivity index (χ0v) is 14.7. The van der Waals surface area contributed by atoms with E-state index in [2.05, 4.69) is 54.4 Å². The van der Waals surface area contributed by atoms with E-state index in [0.717, 1.165) is 18.0 Å². The van der Waals surface area contributed by atoms with E-state index in [4.69, 9.17) is 9.47 Å². The van der Waals surface area contributed by atoms with Crippen LogP contribution in [0.2, 0.25) is 0 Å². The van der Waals surface area contributed by atoms with Crippen molar-refractivity contribution < 1.29 is 9.47 Å². The number of ether oxygens (including phenoxy) is 2. The molecular formula is C21H25NO2. The molecule has 4 rings (SSSR count). The van der Waals surface area contributed by atoms with Gasteiger partial charge in [-0.05, 0) is 61.2 Å². The van der Waals surface area contributed by atoms with Crippen molar-refractivity contribution in [3.05, 3.63) is 59.2 Å². The normalized spacial score (nSPS) is 25.9. The van der Waals surface area contributed by atoms with Gasteiger partial charge < -0.3 is 9.47 Å². The molecule has 2 aromatic carbocycles. The van der Waals surface area contributed by atoms with Crippen LogP contribution >= 0.6 is 0 Å². The number of hydrogen-bond donors (Lipinski definition) is 0. The lowest BCUT2D eigenvalue weighted by Crippen LogP contribution is -2.34. The molecule has 2 aromatic rings. The summed E-state index contributed by atoms with van der Waals surface area (Å²) in [5.74, 6) is 2.73. The molecule has 0 aromatic heterocycles. The molecule has 0 spiro atoms. The minimum Gasteiger partial charge on any atom is -0.493 e. The second-order valence-corrected chi connectivity index (χ2v) is 6.96. The molecule has 2 aliphatic rings. The molecule has 0 radical (unpaired) electrons. The number of hydrogen-bond acceptors (Lipinski definition) is 3. The molecule has 1 aliphatic heterocycles. The molecule has 126 valence electrons. The summed E-state index contributed by atoms with van der Waals surface area (Å²) in [5, 5.41) is 0. The topological polar surface area (TPSA) is 21.7 Å². The van der Waals surface area contributed by atoms with Gasteiger partial charge in [0.25, 0.3) is 0 Å². The average Bonchev–Trinajstić information content (AvgIpc) is 2.95. The highest BCUT2D eigenvalue weighted by Crippen LogP contribution is 2.56. The summed E-state index contributed by atoms with van der Waals surface area (Å²) in [6.07, 6.45) is 2.54. The molecule has 1 heterocycles. The van der Waals surface area contributed by atoms with Crippen molar-refractivity contribution in [3.8, 4) is 11.5 Å². The first kappa shape index (κ1) is 15.5. The number of piperidine rings is 1. The van der Waals surface area contributed by atoms with Gasteiger partial charge in [-0.2, -0.15) is 0 Å². The Balaban J connectivity index is 1.90. The van der Waals surface area contributed by atoms with Crippen LogP contribution in [0.4, 0.5) is 0 Å². The monoisotopic (exact) mass is 323 g/mol. The van der Waals surface area contributed by atoms with Crippen molar-refractivity contribution in [1.29, 1.82) is 0 Å². The highest BCUT2D eigenvalue weighted by atomic mass is 16.5. The van der Waals surface area contributed by atoms with E-state index >= 15 is 0 Å². The number of methoxy groups -OCH3 is 2. The van der Waals surface area contributed by atoms with E-state index in [-0.39, 0.29) is 0 Å². The van der Waals surface area contributed by atoms with Crippen LogP contribution in [0.25, 0.3) is 0 Å². The van der Waals surface area contributed by atoms with Crippen molar-refractivity contribution in [2.75, 3.05) is 27.8 Å². The molecule has 0 N–H and O–H groups in total. The smallest absolute Gasteiger partial charge is 0.161 e. The molecule has 3 atom stereocenters. The Kier molecular flexibility index (Phi) is 3.97. The molecule has 1 fully saturated rings. The van der Waals surface area contributed by atoms with Crippen molar-refractivity contribution >= 4 is 0 Å². The van der Waals surface area contributed by atoms with E-state index in [1.165, 1.54) is 29.5 Å². The van der Waals surface area contributed by atoms with Gasteiger partial charge in [0.15, 0.2) is 11.5 Å². The third-order valence-corrected chi connectivity index (χ3v) is 5.76. The lowest BCUT2D eigenvalue weighted by molar-refractivity contribution is 0.126. The number of rotatable bonds is 3. The lowest BCUT2D eigenvalue weighted by Gasteiger charge is -2.37. The Hall–Kier alpha value is -2.00. The fourth-order valence-corrected chi connectivity index (χ4v) is 4.77. The maximum Gasteiger partial charge on any atom is 0.161 e. The number of nitrogens with zero attached hydrogens (tertiary/aromatic N) is 1. The predicted octanol–water partition coefficient (Wildman–Crippen LogP) is 4.23. The lowest BCUT2D eigenvalue weighted by atomic mass is 9.80. The molecular weight excluding hydrogens is 298 g/mol. The molecule has 24 heavy (non-hydrogen) atoms. The van der Waals surface area contributed by atoms with Gasteiger partial charge in [0.1, 0.15) is 0 Å². The van der Waals surface area contributed by atoms with Crippen molar-refractivity contribution in [2.45, 2.75) is 24.8 Å².